The van der Waals surface area contributed by atoms with Crippen molar-refractivity contribution >= 4 is 16.1 Å². The summed E-state index contributed by atoms with van der Waals surface area (Å²) in [4.78, 5) is 12.5. The molecule has 110 valence electrons. The van der Waals surface area contributed by atoms with E-state index < -0.39 is 15.8 Å². The number of carbonyl (C=O) groups is 1. The van der Waals surface area contributed by atoms with E-state index in [-0.39, 0.29) is 23.3 Å². The molecule has 20 heavy (non-hydrogen) atoms. The summed E-state index contributed by atoms with van der Waals surface area (Å²) in [5.74, 6) is -0.903. The maximum atomic E-state index is 13.6. The molecule has 0 saturated carbocycles. The third-order valence-corrected chi connectivity index (χ3v) is 3.71. The number of carbonyl (C=O) groups excluding carboxylic acids is 1. The summed E-state index contributed by atoms with van der Waals surface area (Å²) in [5.41, 5.74) is 0. The minimum atomic E-state index is -3.94. The van der Waals surface area contributed by atoms with Gasteiger partial charge in [-0.3, -0.25) is 0 Å². The van der Waals surface area contributed by atoms with Crippen LogP contribution in [0.2, 0.25) is 0 Å². The summed E-state index contributed by atoms with van der Waals surface area (Å²) in [5, 5.41) is 7.52. The highest BCUT2D eigenvalue weighted by molar-refractivity contribution is 7.89. The number of amides is 2. The summed E-state index contributed by atoms with van der Waals surface area (Å²) in [6.07, 6.45) is 0. The maximum Gasteiger partial charge on any atom is 0.317 e. The number of nitrogens with zero attached hydrogens (tertiary/aromatic N) is 1. The molecular weight excluding hydrogens is 289 g/mol. The van der Waals surface area contributed by atoms with Crippen molar-refractivity contribution < 1.29 is 22.3 Å². The molecule has 0 atom stereocenters. The largest absolute Gasteiger partial charge is 0.489 e. The standard InChI is InChI=1S/C11H14FN3O4S/c12-9-7-8(20(13,17)18)1-2-10(9)19-6-5-15-4-3-14-11(15)16/h1-2,7H,3-6H2,(H,14,16)(H2,13,17,18). The molecule has 9 heteroatoms. The normalized spacial score (nSPS) is 15.3. The molecule has 0 aromatic heterocycles. The Morgan fingerprint density at radius 1 is 1.45 bits per heavy atom. The predicted octanol–water partition coefficient (Wildman–Crippen LogP) is -0.123. The fraction of sp³-hybridized carbons (Fsp3) is 0.364. The van der Waals surface area contributed by atoms with Gasteiger partial charge >= 0.3 is 6.03 Å². The van der Waals surface area contributed by atoms with Gasteiger partial charge < -0.3 is 15.0 Å². The zero-order chi connectivity index (χ0) is 14.8. The van der Waals surface area contributed by atoms with Crippen molar-refractivity contribution in [2.45, 2.75) is 4.90 Å². The van der Waals surface area contributed by atoms with Crippen LogP contribution in [-0.4, -0.2) is 45.6 Å². The van der Waals surface area contributed by atoms with Gasteiger partial charge in [-0.2, -0.15) is 0 Å². The number of halogens is 1. The number of nitrogens with two attached hydrogens (primary N) is 1. The number of hydrogen-bond donors (Lipinski definition) is 2. The highest BCUT2D eigenvalue weighted by Gasteiger charge is 2.19. The number of primary sulfonamides is 1. The molecule has 3 N–H and O–H groups in total. The van der Waals surface area contributed by atoms with Gasteiger partial charge in [0.1, 0.15) is 6.61 Å². The average Bonchev–Trinajstić information content (AvgIpc) is 2.76. The lowest BCUT2D eigenvalue weighted by Gasteiger charge is -2.14. The van der Waals surface area contributed by atoms with E-state index >= 15 is 0 Å². The van der Waals surface area contributed by atoms with E-state index in [1.807, 2.05) is 0 Å². The maximum absolute atomic E-state index is 13.6. The molecule has 1 aromatic carbocycles. The molecule has 0 unspecified atom stereocenters. The minimum Gasteiger partial charge on any atom is -0.489 e. The van der Waals surface area contributed by atoms with E-state index in [0.717, 1.165) is 12.1 Å². The van der Waals surface area contributed by atoms with Crippen LogP contribution in [0.15, 0.2) is 23.1 Å². The first-order valence-electron chi connectivity index (χ1n) is 5.86. The Hall–Kier alpha value is -1.87. The third kappa shape index (κ3) is 3.36. The van der Waals surface area contributed by atoms with Gasteiger partial charge in [-0.25, -0.2) is 22.7 Å². The van der Waals surface area contributed by atoms with Crippen molar-refractivity contribution in [1.29, 1.82) is 0 Å². The molecule has 0 radical (unpaired) electrons. The van der Waals surface area contributed by atoms with E-state index in [1.165, 1.54) is 11.0 Å². The summed E-state index contributed by atoms with van der Waals surface area (Å²) in [6, 6.07) is 2.97. The first kappa shape index (κ1) is 14.5. The Kier molecular flexibility index (Phi) is 4.09. The fourth-order valence-electron chi connectivity index (χ4n) is 1.77. The molecule has 1 aromatic rings. The Bertz CT molecular complexity index is 620. The zero-order valence-corrected chi connectivity index (χ0v) is 11.3. The molecule has 1 fully saturated rings. The second kappa shape index (κ2) is 5.63. The van der Waals surface area contributed by atoms with Crippen LogP contribution >= 0.6 is 0 Å². The lowest BCUT2D eigenvalue weighted by Crippen LogP contribution is -2.31. The average molecular weight is 303 g/mol. The summed E-state index contributed by atoms with van der Waals surface area (Å²) in [6.45, 7) is 1.59. The van der Waals surface area contributed by atoms with Crippen LogP contribution < -0.4 is 15.2 Å². The number of urea groups is 1. The lowest BCUT2D eigenvalue weighted by atomic mass is 10.3. The molecule has 0 aliphatic carbocycles. The highest BCUT2D eigenvalue weighted by Crippen LogP contribution is 2.20. The van der Waals surface area contributed by atoms with Crippen LogP contribution in [0.1, 0.15) is 0 Å². The Morgan fingerprint density at radius 2 is 2.20 bits per heavy atom. The summed E-state index contributed by atoms with van der Waals surface area (Å²) >= 11 is 0. The summed E-state index contributed by atoms with van der Waals surface area (Å²) < 4.78 is 40.9. The van der Waals surface area contributed by atoms with Crippen molar-refractivity contribution in [3.8, 4) is 5.75 Å². The van der Waals surface area contributed by atoms with Gasteiger partial charge in [0.25, 0.3) is 0 Å². The summed E-state index contributed by atoms with van der Waals surface area (Å²) in [7, 11) is -3.94. The number of nitrogens with one attached hydrogen (secondary N) is 1. The Balaban J connectivity index is 1.95. The molecule has 0 spiro atoms. The van der Waals surface area contributed by atoms with Gasteiger partial charge in [-0.15, -0.1) is 0 Å². The van der Waals surface area contributed by atoms with Gasteiger partial charge in [-0.1, -0.05) is 0 Å². The highest BCUT2D eigenvalue weighted by atomic mass is 32.2. The van der Waals surface area contributed by atoms with Gasteiger partial charge in [0.05, 0.1) is 11.4 Å². The lowest BCUT2D eigenvalue weighted by molar-refractivity contribution is 0.201. The molecule has 7 nitrogen and oxygen atoms in total. The minimum absolute atomic E-state index is 0.0861. The van der Waals surface area contributed by atoms with Gasteiger partial charge in [0, 0.05) is 13.1 Å². The van der Waals surface area contributed by atoms with E-state index in [1.54, 1.807) is 0 Å². The van der Waals surface area contributed by atoms with Gasteiger partial charge in [0.2, 0.25) is 10.0 Å². The van der Waals surface area contributed by atoms with E-state index in [4.69, 9.17) is 9.88 Å². The molecule has 1 saturated heterocycles. The number of hydrogen-bond acceptors (Lipinski definition) is 4. The van der Waals surface area contributed by atoms with Crippen LogP contribution in [0.4, 0.5) is 9.18 Å². The van der Waals surface area contributed by atoms with Crippen molar-refractivity contribution in [3.05, 3.63) is 24.0 Å². The first-order chi connectivity index (χ1) is 9.38. The molecule has 1 aliphatic heterocycles. The molecule has 2 rings (SSSR count). The number of rotatable bonds is 5. The second-order valence-corrected chi connectivity index (χ2v) is 5.77. The molecule has 1 aliphatic rings. The van der Waals surface area contributed by atoms with E-state index in [2.05, 4.69) is 5.32 Å². The Morgan fingerprint density at radius 3 is 2.75 bits per heavy atom. The van der Waals surface area contributed by atoms with Crippen LogP contribution in [0.5, 0.6) is 5.75 Å². The zero-order valence-electron chi connectivity index (χ0n) is 10.5. The number of sulfonamides is 1. The smallest absolute Gasteiger partial charge is 0.317 e. The van der Waals surface area contributed by atoms with Crippen LogP contribution in [0.25, 0.3) is 0 Å². The van der Waals surface area contributed by atoms with Crippen molar-refractivity contribution in [2.24, 2.45) is 5.14 Å². The molecule has 2 amide bonds. The van der Waals surface area contributed by atoms with Crippen LogP contribution in [-0.2, 0) is 10.0 Å². The van der Waals surface area contributed by atoms with Gasteiger partial charge in [0.15, 0.2) is 11.6 Å². The third-order valence-electron chi connectivity index (χ3n) is 2.80. The number of benzene rings is 1. The fourth-order valence-corrected chi connectivity index (χ4v) is 2.29. The van der Waals surface area contributed by atoms with Crippen LogP contribution in [0, 0.1) is 5.82 Å². The van der Waals surface area contributed by atoms with Gasteiger partial charge in [-0.05, 0) is 18.2 Å². The van der Waals surface area contributed by atoms with Crippen LogP contribution in [0.3, 0.4) is 0 Å². The molecule has 1 heterocycles. The predicted molar refractivity (Wildman–Crippen MR) is 68.2 cm³/mol. The monoisotopic (exact) mass is 303 g/mol. The second-order valence-electron chi connectivity index (χ2n) is 4.20. The SMILES string of the molecule is NS(=O)(=O)c1ccc(OCCN2CCNC2=O)c(F)c1. The quantitative estimate of drug-likeness (QED) is 0.791. The van der Waals surface area contributed by atoms with E-state index in [0.29, 0.717) is 19.6 Å². The van der Waals surface area contributed by atoms with E-state index in [9.17, 15) is 17.6 Å². The van der Waals surface area contributed by atoms with Crippen molar-refractivity contribution in [1.82, 2.24) is 10.2 Å². The van der Waals surface area contributed by atoms with Crippen molar-refractivity contribution in [3.63, 3.8) is 0 Å². The van der Waals surface area contributed by atoms with Crippen molar-refractivity contribution in [2.75, 3.05) is 26.2 Å². The topological polar surface area (TPSA) is 102 Å². The first-order valence-corrected chi connectivity index (χ1v) is 7.40. The number of ether oxygens (including phenoxy) is 1. The molecular formula is C11H14FN3O4S. The Labute approximate surface area is 115 Å². The molecule has 0 bridgehead atoms.